The third-order valence-corrected chi connectivity index (χ3v) is 2.12. The molecule has 1 saturated heterocycles. The molecule has 0 aromatic heterocycles. The summed E-state index contributed by atoms with van der Waals surface area (Å²) in [6.07, 6.45) is 0. The van der Waals surface area contributed by atoms with Crippen LogP contribution in [0.1, 0.15) is 13.8 Å². The number of hydrogen-bond acceptors (Lipinski definition) is 3. The van der Waals surface area contributed by atoms with E-state index in [-0.39, 0.29) is 25.0 Å². The van der Waals surface area contributed by atoms with Crippen molar-refractivity contribution in [2.24, 2.45) is 0 Å². The molecule has 1 heterocycles. The van der Waals surface area contributed by atoms with Crippen molar-refractivity contribution in [2.75, 3.05) is 13.1 Å². The molecule has 0 bridgehead atoms. The summed E-state index contributed by atoms with van der Waals surface area (Å²) in [6, 6.07) is -0.559. The fourth-order valence-corrected chi connectivity index (χ4v) is 1.34. The minimum atomic E-state index is -0.904. The Morgan fingerprint density at radius 3 is 2.77 bits per heavy atom. The van der Waals surface area contributed by atoms with Crippen molar-refractivity contribution in [3.63, 3.8) is 0 Å². The lowest BCUT2D eigenvalue weighted by Crippen LogP contribution is -2.58. The summed E-state index contributed by atoms with van der Waals surface area (Å²) >= 11 is 0. The van der Waals surface area contributed by atoms with E-state index >= 15 is 0 Å². The second-order valence-corrected chi connectivity index (χ2v) is 3.41. The predicted molar refractivity (Wildman–Crippen MR) is 46.3 cm³/mol. The Hall–Kier alpha value is -1.10. The molecule has 5 nitrogen and oxygen atoms in total. The quantitative estimate of drug-likeness (QED) is 0.597. The highest BCUT2D eigenvalue weighted by molar-refractivity contribution is 5.83. The van der Waals surface area contributed by atoms with Gasteiger partial charge in [-0.25, -0.2) is 0 Å². The van der Waals surface area contributed by atoms with E-state index in [2.05, 4.69) is 5.32 Å². The Morgan fingerprint density at radius 1 is 1.69 bits per heavy atom. The topological polar surface area (TPSA) is 69.6 Å². The van der Waals surface area contributed by atoms with Crippen LogP contribution in [-0.4, -0.2) is 47.1 Å². The van der Waals surface area contributed by atoms with Crippen LogP contribution < -0.4 is 5.32 Å². The fraction of sp³-hybridized carbons (Fsp3) is 0.750. The van der Waals surface area contributed by atoms with E-state index in [9.17, 15) is 9.59 Å². The molecule has 1 aliphatic heterocycles. The lowest BCUT2D eigenvalue weighted by atomic mass is 10.1. The van der Waals surface area contributed by atoms with Crippen molar-refractivity contribution in [1.29, 1.82) is 0 Å². The number of carbonyl (C=O) groups is 2. The lowest BCUT2D eigenvalue weighted by Gasteiger charge is -2.34. The summed E-state index contributed by atoms with van der Waals surface area (Å²) in [5.41, 5.74) is 0. The van der Waals surface area contributed by atoms with E-state index in [1.165, 1.54) is 0 Å². The molecule has 0 aliphatic carbocycles. The van der Waals surface area contributed by atoms with Crippen LogP contribution in [0.5, 0.6) is 0 Å². The van der Waals surface area contributed by atoms with Crippen molar-refractivity contribution in [1.82, 2.24) is 10.2 Å². The Balaban J connectivity index is 2.63. The van der Waals surface area contributed by atoms with Crippen LogP contribution in [0.2, 0.25) is 0 Å². The Labute approximate surface area is 76.7 Å². The first kappa shape index (κ1) is 9.98. The first-order chi connectivity index (χ1) is 6.02. The van der Waals surface area contributed by atoms with E-state index < -0.39 is 12.0 Å². The highest BCUT2D eigenvalue weighted by Gasteiger charge is 2.30. The number of carboxylic acid groups (broad SMARTS) is 1. The number of carbonyl (C=O) groups excluding carboxylic acids is 1. The van der Waals surface area contributed by atoms with Crippen molar-refractivity contribution in [3.8, 4) is 0 Å². The molecule has 0 saturated carbocycles. The molecule has 5 heteroatoms. The summed E-state index contributed by atoms with van der Waals surface area (Å²) in [7, 11) is 0. The Morgan fingerprint density at radius 2 is 2.31 bits per heavy atom. The third-order valence-electron chi connectivity index (χ3n) is 2.12. The minimum Gasteiger partial charge on any atom is -0.480 e. The zero-order chi connectivity index (χ0) is 10.0. The molecule has 1 fully saturated rings. The highest BCUT2D eigenvalue weighted by Crippen LogP contribution is 2.05. The van der Waals surface area contributed by atoms with E-state index in [0.717, 1.165) is 0 Å². The van der Waals surface area contributed by atoms with Crippen molar-refractivity contribution in [3.05, 3.63) is 0 Å². The Kier molecular flexibility index (Phi) is 2.87. The first-order valence-corrected chi connectivity index (χ1v) is 4.28. The van der Waals surface area contributed by atoms with E-state index in [1.807, 2.05) is 13.8 Å². The maximum absolute atomic E-state index is 11.3. The average molecular weight is 186 g/mol. The van der Waals surface area contributed by atoms with Crippen LogP contribution in [0, 0.1) is 0 Å². The molecular weight excluding hydrogens is 172 g/mol. The molecule has 0 radical (unpaired) electrons. The maximum Gasteiger partial charge on any atom is 0.322 e. The highest BCUT2D eigenvalue weighted by atomic mass is 16.4. The summed E-state index contributed by atoms with van der Waals surface area (Å²) in [4.78, 5) is 23.5. The maximum atomic E-state index is 11.3. The fourth-order valence-electron chi connectivity index (χ4n) is 1.34. The number of aliphatic carboxylic acids is 1. The van der Waals surface area contributed by atoms with Crippen LogP contribution >= 0.6 is 0 Å². The monoisotopic (exact) mass is 186 g/mol. The van der Waals surface area contributed by atoms with Gasteiger partial charge in [0.1, 0.15) is 6.04 Å². The molecule has 0 aromatic carbocycles. The molecule has 13 heavy (non-hydrogen) atoms. The number of hydrogen-bond donors (Lipinski definition) is 2. The molecular formula is C8H14N2O3. The molecule has 1 atom stereocenters. The van der Waals surface area contributed by atoms with Gasteiger partial charge in [-0.05, 0) is 13.8 Å². The lowest BCUT2D eigenvalue weighted by molar-refractivity contribution is -0.144. The number of nitrogens with one attached hydrogen (secondary N) is 1. The normalized spacial score (nSPS) is 23.8. The van der Waals surface area contributed by atoms with Crippen LogP contribution in [-0.2, 0) is 9.59 Å². The predicted octanol–water partition coefficient (Wildman–Crippen LogP) is -0.720. The molecule has 1 amide bonds. The number of rotatable bonds is 2. The number of piperazine rings is 1. The second-order valence-electron chi connectivity index (χ2n) is 3.41. The van der Waals surface area contributed by atoms with E-state index in [4.69, 9.17) is 5.11 Å². The zero-order valence-electron chi connectivity index (χ0n) is 7.78. The molecule has 1 unspecified atom stereocenters. The van der Waals surface area contributed by atoms with Gasteiger partial charge in [-0.15, -0.1) is 0 Å². The largest absolute Gasteiger partial charge is 0.480 e. The molecule has 1 rings (SSSR count). The minimum absolute atomic E-state index is 0.0347. The van der Waals surface area contributed by atoms with Gasteiger partial charge >= 0.3 is 5.97 Å². The van der Waals surface area contributed by atoms with Crippen LogP contribution in [0.4, 0.5) is 0 Å². The Bertz CT molecular complexity index is 227. The van der Waals surface area contributed by atoms with Gasteiger partial charge in [-0.2, -0.15) is 0 Å². The van der Waals surface area contributed by atoms with Gasteiger partial charge in [-0.1, -0.05) is 0 Å². The smallest absolute Gasteiger partial charge is 0.322 e. The van der Waals surface area contributed by atoms with Gasteiger partial charge in [0.05, 0.1) is 6.54 Å². The van der Waals surface area contributed by atoms with Gasteiger partial charge in [0, 0.05) is 12.6 Å². The summed E-state index contributed by atoms with van der Waals surface area (Å²) in [5, 5.41) is 11.4. The molecule has 1 aliphatic rings. The molecule has 0 aromatic rings. The van der Waals surface area contributed by atoms with Crippen molar-refractivity contribution in [2.45, 2.75) is 25.9 Å². The van der Waals surface area contributed by atoms with Gasteiger partial charge in [0.2, 0.25) is 5.91 Å². The van der Waals surface area contributed by atoms with Gasteiger partial charge in [0.15, 0.2) is 0 Å². The van der Waals surface area contributed by atoms with E-state index in [1.54, 1.807) is 4.90 Å². The van der Waals surface area contributed by atoms with Crippen molar-refractivity contribution < 1.29 is 14.7 Å². The van der Waals surface area contributed by atoms with Gasteiger partial charge in [0.25, 0.3) is 0 Å². The van der Waals surface area contributed by atoms with E-state index in [0.29, 0.717) is 0 Å². The first-order valence-electron chi connectivity index (χ1n) is 4.28. The second kappa shape index (κ2) is 3.74. The SMILES string of the molecule is CC(C)N1CC(C(=O)O)NCC1=O. The van der Waals surface area contributed by atoms with Crippen LogP contribution in [0.25, 0.3) is 0 Å². The number of nitrogens with zero attached hydrogens (tertiary/aromatic N) is 1. The third kappa shape index (κ3) is 2.18. The molecule has 0 spiro atoms. The summed E-state index contributed by atoms with van der Waals surface area (Å²) < 4.78 is 0. The molecule has 74 valence electrons. The summed E-state index contributed by atoms with van der Waals surface area (Å²) in [6.45, 7) is 4.13. The summed E-state index contributed by atoms with van der Waals surface area (Å²) in [5.74, 6) is -0.939. The number of carboxylic acids is 1. The van der Waals surface area contributed by atoms with Gasteiger partial charge in [-0.3, -0.25) is 14.9 Å². The standard InChI is InChI=1S/C8H14N2O3/c1-5(2)10-4-6(8(12)13)9-3-7(10)11/h5-6,9H,3-4H2,1-2H3,(H,12,13). The van der Waals surface area contributed by atoms with Crippen LogP contribution in [0.3, 0.4) is 0 Å². The zero-order valence-corrected chi connectivity index (χ0v) is 7.78. The average Bonchev–Trinajstić information content (AvgIpc) is 2.04. The van der Waals surface area contributed by atoms with Crippen LogP contribution in [0.15, 0.2) is 0 Å². The van der Waals surface area contributed by atoms with Crippen molar-refractivity contribution >= 4 is 11.9 Å². The molecule has 2 N–H and O–H groups in total. The van der Waals surface area contributed by atoms with Gasteiger partial charge < -0.3 is 10.0 Å². The number of amides is 1.